The van der Waals surface area contributed by atoms with Crippen molar-refractivity contribution in [2.75, 3.05) is 12.4 Å². The maximum absolute atomic E-state index is 12.9. The molecule has 3 rings (SSSR count). The number of nitrogens with one attached hydrogen (secondary N) is 1. The van der Waals surface area contributed by atoms with Gasteiger partial charge in [0.25, 0.3) is 5.91 Å². The summed E-state index contributed by atoms with van der Waals surface area (Å²) in [6, 6.07) is 16.7. The Bertz CT molecular complexity index is 1120. The van der Waals surface area contributed by atoms with Crippen molar-refractivity contribution >= 4 is 33.2 Å². The number of sulfonamides is 1. The van der Waals surface area contributed by atoms with Gasteiger partial charge in [-0.1, -0.05) is 47.5 Å². The molecule has 0 bridgehead atoms. The number of anilines is 1. The van der Waals surface area contributed by atoms with Gasteiger partial charge in [-0.25, -0.2) is 8.42 Å². The summed E-state index contributed by atoms with van der Waals surface area (Å²) < 4.78 is 27.0. The van der Waals surface area contributed by atoms with E-state index in [0.717, 1.165) is 5.56 Å². The van der Waals surface area contributed by atoms with E-state index in [-0.39, 0.29) is 17.1 Å². The number of hydrogen-bond acceptors (Lipinski definition) is 4. The third-order valence-electron chi connectivity index (χ3n) is 4.36. The molecule has 0 saturated heterocycles. The van der Waals surface area contributed by atoms with E-state index >= 15 is 0 Å². The molecule has 3 aromatic rings. The number of carbonyl (C=O) groups excluding carboxylic acids is 1. The molecule has 8 heteroatoms. The molecule has 2 aromatic carbocycles. The first-order valence-corrected chi connectivity index (χ1v) is 10.6. The van der Waals surface area contributed by atoms with Crippen molar-refractivity contribution in [2.45, 2.75) is 18.4 Å². The van der Waals surface area contributed by atoms with Crippen molar-refractivity contribution in [1.29, 1.82) is 0 Å². The summed E-state index contributed by atoms with van der Waals surface area (Å²) in [4.78, 5) is 16.7. The van der Waals surface area contributed by atoms with Crippen molar-refractivity contribution in [2.24, 2.45) is 0 Å². The van der Waals surface area contributed by atoms with Gasteiger partial charge in [-0.15, -0.1) is 0 Å². The van der Waals surface area contributed by atoms with E-state index in [9.17, 15) is 13.2 Å². The lowest BCUT2D eigenvalue weighted by Crippen LogP contribution is -2.27. The molecular weight excluding hydrogens is 410 g/mol. The van der Waals surface area contributed by atoms with Gasteiger partial charge in [0.15, 0.2) is 0 Å². The number of aryl methyl sites for hydroxylation is 1. The number of halogens is 1. The number of amides is 1. The predicted octanol–water partition coefficient (Wildman–Crippen LogP) is 4.12. The van der Waals surface area contributed by atoms with Crippen LogP contribution in [0.5, 0.6) is 0 Å². The SMILES string of the molecule is Cc1ccc(S(=O)(=O)N(C)Cc2cccc(Cl)c2NC(=O)c2ccccn2)cc1. The lowest BCUT2D eigenvalue weighted by atomic mass is 10.1. The third kappa shape index (κ3) is 4.82. The fraction of sp³-hybridized carbons (Fsp3) is 0.143. The lowest BCUT2D eigenvalue weighted by Gasteiger charge is -2.20. The highest BCUT2D eigenvalue weighted by molar-refractivity contribution is 7.89. The highest BCUT2D eigenvalue weighted by Gasteiger charge is 2.23. The van der Waals surface area contributed by atoms with Crippen LogP contribution >= 0.6 is 11.6 Å². The largest absolute Gasteiger partial charge is 0.319 e. The number of rotatable bonds is 6. The minimum absolute atomic E-state index is 0.0363. The molecule has 0 aliphatic rings. The van der Waals surface area contributed by atoms with E-state index in [1.165, 1.54) is 17.5 Å². The van der Waals surface area contributed by atoms with Crippen LogP contribution in [0.2, 0.25) is 5.02 Å². The van der Waals surface area contributed by atoms with Crippen LogP contribution in [0.3, 0.4) is 0 Å². The second-order valence-corrected chi connectivity index (χ2v) is 8.97. The van der Waals surface area contributed by atoms with Crippen LogP contribution in [-0.4, -0.2) is 30.7 Å². The molecular formula is C21H20ClN3O3S. The summed E-state index contributed by atoms with van der Waals surface area (Å²) in [6.07, 6.45) is 1.52. The summed E-state index contributed by atoms with van der Waals surface area (Å²) in [5.41, 5.74) is 2.13. The van der Waals surface area contributed by atoms with E-state index in [4.69, 9.17) is 11.6 Å². The predicted molar refractivity (Wildman–Crippen MR) is 113 cm³/mol. The smallest absolute Gasteiger partial charge is 0.274 e. The highest BCUT2D eigenvalue weighted by Crippen LogP contribution is 2.29. The number of carbonyl (C=O) groups is 1. The maximum atomic E-state index is 12.9. The Labute approximate surface area is 175 Å². The average Bonchev–Trinajstić information content (AvgIpc) is 2.71. The molecule has 0 fully saturated rings. The van der Waals surface area contributed by atoms with Crippen LogP contribution in [0.4, 0.5) is 5.69 Å². The van der Waals surface area contributed by atoms with Crippen LogP contribution in [0.15, 0.2) is 71.8 Å². The first kappa shape index (κ1) is 21.0. The Morgan fingerprint density at radius 3 is 2.45 bits per heavy atom. The Hall–Kier alpha value is -2.74. The summed E-state index contributed by atoms with van der Waals surface area (Å²) in [6.45, 7) is 1.93. The quantitative estimate of drug-likeness (QED) is 0.639. The molecule has 1 N–H and O–H groups in total. The molecule has 0 atom stereocenters. The highest BCUT2D eigenvalue weighted by atomic mass is 35.5. The molecule has 6 nitrogen and oxygen atoms in total. The second-order valence-electron chi connectivity index (χ2n) is 6.52. The Morgan fingerprint density at radius 2 is 1.79 bits per heavy atom. The zero-order chi connectivity index (χ0) is 21.0. The molecule has 1 aromatic heterocycles. The van der Waals surface area contributed by atoms with E-state index in [1.54, 1.807) is 60.7 Å². The molecule has 0 spiro atoms. The number of pyridine rings is 1. The third-order valence-corrected chi connectivity index (χ3v) is 6.49. The monoisotopic (exact) mass is 429 g/mol. The van der Waals surface area contributed by atoms with Gasteiger partial charge >= 0.3 is 0 Å². The van der Waals surface area contributed by atoms with E-state index < -0.39 is 15.9 Å². The van der Waals surface area contributed by atoms with Crippen molar-refractivity contribution in [3.63, 3.8) is 0 Å². The van der Waals surface area contributed by atoms with Gasteiger partial charge in [0.05, 0.1) is 15.6 Å². The molecule has 29 heavy (non-hydrogen) atoms. The summed E-state index contributed by atoms with van der Waals surface area (Å²) in [7, 11) is -2.21. The number of nitrogens with zero attached hydrogens (tertiary/aromatic N) is 2. The van der Waals surface area contributed by atoms with Gasteiger partial charge < -0.3 is 5.32 Å². The fourth-order valence-corrected chi connectivity index (χ4v) is 4.12. The Morgan fingerprint density at radius 1 is 1.07 bits per heavy atom. The molecule has 0 unspecified atom stereocenters. The van der Waals surface area contributed by atoms with Crippen LogP contribution < -0.4 is 5.32 Å². The van der Waals surface area contributed by atoms with Crippen molar-refractivity contribution in [3.8, 4) is 0 Å². The topological polar surface area (TPSA) is 79.4 Å². The molecule has 0 saturated carbocycles. The zero-order valence-electron chi connectivity index (χ0n) is 16.0. The van der Waals surface area contributed by atoms with Crippen LogP contribution in [-0.2, 0) is 16.6 Å². The fourth-order valence-electron chi connectivity index (χ4n) is 2.73. The van der Waals surface area contributed by atoms with Gasteiger partial charge in [0.2, 0.25) is 10.0 Å². The van der Waals surface area contributed by atoms with Gasteiger partial charge in [-0.05, 0) is 42.8 Å². The van der Waals surface area contributed by atoms with Crippen molar-refractivity contribution in [3.05, 3.63) is 88.7 Å². The van der Waals surface area contributed by atoms with Crippen molar-refractivity contribution < 1.29 is 13.2 Å². The first-order chi connectivity index (χ1) is 13.8. The minimum Gasteiger partial charge on any atom is -0.319 e. The minimum atomic E-state index is -3.70. The number of hydrogen-bond donors (Lipinski definition) is 1. The standard InChI is InChI=1S/C21H20ClN3O3S/c1-15-9-11-17(12-10-15)29(27,28)25(2)14-16-6-5-7-18(22)20(16)24-21(26)19-8-3-4-13-23-19/h3-13H,14H2,1-2H3,(H,24,26). The molecule has 150 valence electrons. The molecule has 0 aliphatic heterocycles. The lowest BCUT2D eigenvalue weighted by molar-refractivity contribution is 0.102. The van der Waals surface area contributed by atoms with Crippen molar-refractivity contribution in [1.82, 2.24) is 9.29 Å². The average molecular weight is 430 g/mol. The summed E-state index contributed by atoms with van der Waals surface area (Å²) >= 11 is 6.29. The Kier molecular flexibility index (Phi) is 6.32. The van der Waals surface area contributed by atoms with Gasteiger partial charge in [0, 0.05) is 19.8 Å². The molecule has 0 aliphatic carbocycles. The molecule has 1 amide bonds. The van der Waals surface area contributed by atoms with Crippen LogP contribution in [0.25, 0.3) is 0 Å². The van der Waals surface area contributed by atoms with E-state index in [0.29, 0.717) is 16.3 Å². The van der Waals surface area contributed by atoms with Gasteiger partial charge in [0.1, 0.15) is 5.69 Å². The van der Waals surface area contributed by atoms with Crippen LogP contribution in [0, 0.1) is 6.92 Å². The molecule has 1 heterocycles. The Balaban J connectivity index is 1.87. The van der Waals surface area contributed by atoms with Crippen LogP contribution in [0.1, 0.15) is 21.6 Å². The summed E-state index contributed by atoms with van der Waals surface area (Å²) in [5, 5.41) is 3.06. The van der Waals surface area contributed by atoms with Gasteiger partial charge in [-0.2, -0.15) is 4.31 Å². The normalized spacial score (nSPS) is 11.4. The second kappa shape index (κ2) is 8.73. The van der Waals surface area contributed by atoms with E-state index in [1.807, 2.05) is 6.92 Å². The number of benzene rings is 2. The zero-order valence-corrected chi connectivity index (χ0v) is 17.5. The van der Waals surface area contributed by atoms with E-state index in [2.05, 4.69) is 10.3 Å². The first-order valence-electron chi connectivity index (χ1n) is 8.82. The number of aromatic nitrogens is 1. The molecule has 0 radical (unpaired) electrons. The summed E-state index contributed by atoms with van der Waals surface area (Å²) in [5.74, 6) is -0.427. The maximum Gasteiger partial charge on any atom is 0.274 e. The van der Waals surface area contributed by atoms with Gasteiger partial charge in [-0.3, -0.25) is 9.78 Å². The number of para-hydroxylation sites is 1.